The molecule has 2 N–H and O–H groups in total. The fraction of sp³-hybridized carbons (Fsp3) is 0.864. The molecule has 2 atom stereocenters. The van der Waals surface area contributed by atoms with Gasteiger partial charge >= 0.3 is 18.2 Å². The third kappa shape index (κ3) is 10.8. The lowest BCUT2D eigenvalue weighted by Crippen LogP contribution is -2.58. The van der Waals surface area contributed by atoms with Gasteiger partial charge in [-0.1, -0.05) is 0 Å². The van der Waals surface area contributed by atoms with Crippen LogP contribution in [-0.4, -0.2) is 128 Å². The number of esters is 1. The van der Waals surface area contributed by atoms with Crippen LogP contribution in [-0.2, 0) is 29.0 Å². The zero-order valence-corrected chi connectivity index (χ0v) is 23.4. The molecule has 0 spiro atoms. The van der Waals surface area contributed by atoms with Crippen LogP contribution in [0.4, 0.5) is 9.59 Å². The van der Waals surface area contributed by atoms with Crippen molar-refractivity contribution in [1.82, 2.24) is 19.4 Å². The van der Waals surface area contributed by atoms with Crippen molar-refractivity contribution < 1.29 is 42.1 Å². The number of methoxy groups -OCH3 is 1. The largest absolute Gasteiger partial charge is 0.468 e. The van der Waals surface area contributed by atoms with Crippen LogP contribution in [0.1, 0.15) is 41.5 Å². The van der Waals surface area contributed by atoms with Crippen LogP contribution in [0.5, 0.6) is 0 Å². The Labute approximate surface area is 214 Å². The van der Waals surface area contributed by atoms with Crippen molar-refractivity contribution in [3.8, 4) is 0 Å². The van der Waals surface area contributed by atoms with Crippen LogP contribution in [0, 0.1) is 0 Å². The van der Waals surface area contributed by atoms with Gasteiger partial charge in [0.2, 0.25) is 10.0 Å². The highest BCUT2D eigenvalue weighted by molar-refractivity contribution is 7.88. The number of hydrogen-bond acceptors (Lipinski definition) is 10. The molecule has 2 amide bonds. The van der Waals surface area contributed by atoms with Crippen LogP contribution in [0.15, 0.2) is 0 Å². The van der Waals surface area contributed by atoms with Gasteiger partial charge in [0.15, 0.2) is 0 Å². The van der Waals surface area contributed by atoms with Gasteiger partial charge in [-0.15, -0.1) is 0 Å². The highest BCUT2D eigenvalue weighted by atomic mass is 32.2. The molecule has 0 radical (unpaired) electrons. The SMILES string of the molecule is CC(C)(C)OC(=O)N1CCN(S(C)(=O)=O)C(CO)C1.COC(=O)C1CN(C(=O)OC(C)(C)C)CCN1. The lowest BCUT2D eigenvalue weighted by Gasteiger charge is -2.39. The van der Waals surface area contributed by atoms with Gasteiger partial charge < -0.3 is 34.4 Å². The van der Waals surface area contributed by atoms with E-state index in [-0.39, 0.29) is 38.8 Å². The van der Waals surface area contributed by atoms with Crippen molar-refractivity contribution in [1.29, 1.82) is 0 Å². The second-order valence-electron chi connectivity index (χ2n) is 10.6. The van der Waals surface area contributed by atoms with E-state index >= 15 is 0 Å². The number of ether oxygens (including phenoxy) is 3. The lowest BCUT2D eigenvalue weighted by molar-refractivity contribution is -0.144. The van der Waals surface area contributed by atoms with E-state index in [2.05, 4.69) is 10.1 Å². The van der Waals surface area contributed by atoms with Crippen molar-refractivity contribution in [2.75, 3.05) is 59.2 Å². The van der Waals surface area contributed by atoms with Crippen molar-refractivity contribution in [3.05, 3.63) is 0 Å². The van der Waals surface area contributed by atoms with Crippen molar-refractivity contribution in [3.63, 3.8) is 0 Å². The number of nitrogens with one attached hydrogen (secondary N) is 1. The number of aliphatic hydroxyl groups is 1. The Kier molecular flexibility index (Phi) is 11.4. The van der Waals surface area contributed by atoms with Crippen LogP contribution >= 0.6 is 0 Å². The van der Waals surface area contributed by atoms with E-state index in [0.29, 0.717) is 13.1 Å². The van der Waals surface area contributed by atoms with E-state index in [0.717, 1.165) is 6.26 Å². The zero-order chi connectivity index (χ0) is 27.9. The third-order valence-electron chi connectivity index (χ3n) is 5.03. The predicted octanol–water partition coefficient (Wildman–Crippen LogP) is 0.228. The summed E-state index contributed by atoms with van der Waals surface area (Å²) in [6.07, 6.45) is 0.214. The molecule has 0 aromatic carbocycles. The fourth-order valence-electron chi connectivity index (χ4n) is 3.46. The summed E-state index contributed by atoms with van der Waals surface area (Å²) in [4.78, 5) is 38.0. The Morgan fingerprint density at radius 2 is 1.42 bits per heavy atom. The molecule has 14 heteroatoms. The monoisotopic (exact) mass is 538 g/mol. The molecule has 0 aliphatic carbocycles. The average Bonchev–Trinajstić information content (AvgIpc) is 2.75. The molecule has 0 bridgehead atoms. The molecule has 0 saturated carbocycles. The fourth-order valence-corrected chi connectivity index (χ4v) is 4.55. The second kappa shape index (κ2) is 12.9. The molecule has 2 unspecified atom stereocenters. The molecule has 2 aliphatic heterocycles. The Bertz CT molecular complexity index is 868. The van der Waals surface area contributed by atoms with Gasteiger partial charge in [0.05, 0.1) is 32.6 Å². The topological polar surface area (TPSA) is 155 Å². The quantitative estimate of drug-likeness (QED) is 0.377. The molecule has 2 heterocycles. The van der Waals surface area contributed by atoms with Crippen molar-refractivity contribution in [2.24, 2.45) is 0 Å². The summed E-state index contributed by atoms with van der Waals surface area (Å²) < 4.78 is 39.4. The number of carbonyl (C=O) groups is 3. The molecular weight excluding hydrogens is 496 g/mol. The van der Waals surface area contributed by atoms with Gasteiger partial charge in [-0.2, -0.15) is 4.31 Å². The summed E-state index contributed by atoms with van der Waals surface area (Å²) in [5.41, 5.74) is -1.12. The Balaban J connectivity index is 0.000000362. The van der Waals surface area contributed by atoms with E-state index < -0.39 is 45.5 Å². The number of amides is 2. The summed E-state index contributed by atoms with van der Waals surface area (Å²) in [6, 6.07) is -1.09. The first-order valence-electron chi connectivity index (χ1n) is 11.7. The summed E-state index contributed by atoms with van der Waals surface area (Å²) in [6.45, 7) is 12.3. The molecule has 13 nitrogen and oxygen atoms in total. The third-order valence-corrected chi connectivity index (χ3v) is 6.36. The summed E-state index contributed by atoms with van der Waals surface area (Å²) in [7, 11) is -2.05. The molecule has 36 heavy (non-hydrogen) atoms. The lowest BCUT2D eigenvalue weighted by atomic mass is 10.2. The summed E-state index contributed by atoms with van der Waals surface area (Å²) in [5.74, 6) is -0.363. The first-order valence-corrected chi connectivity index (χ1v) is 13.6. The van der Waals surface area contributed by atoms with Gasteiger partial charge in [-0.25, -0.2) is 18.0 Å². The molecular formula is C22H42N4O9S. The van der Waals surface area contributed by atoms with Gasteiger partial charge in [-0.05, 0) is 41.5 Å². The molecule has 2 fully saturated rings. The Morgan fingerprint density at radius 1 is 0.917 bits per heavy atom. The Morgan fingerprint density at radius 3 is 1.83 bits per heavy atom. The van der Waals surface area contributed by atoms with Crippen molar-refractivity contribution in [2.45, 2.75) is 64.8 Å². The first-order chi connectivity index (χ1) is 16.4. The number of sulfonamides is 1. The number of nitrogens with zero attached hydrogens (tertiary/aromatic N) is 3. The standard InChI is InChI=1S/C11H22N2O5S.C11H20N2O4/c1-11(2,3)18-10(15)12-5-6-13(19(4,16)17)9(7-12)8-14;1-11(2,3)17-10(15)13-6-5-12-8(7-13)9(14)16-4/h9,14H,5-8H2,1-4H3;8,12H,5-7H2,1-4H3. The highest BCUT2D eigenvalue weighted by Crippen LogP contribution is 2.17. The van der Waals surface area contributed by atoms with Crippen LogP contribution in [0.25, 0.3) is 0 Å². The summed E-state index contributed by atoms with van der Waals surface area (Å²) >= 11 is 0. The van der Waals surface area contributed by atoms with E-state index in [1.165, 1.54) is 21.2 Å². The predicted molar refractivity (Wildman–Crippen MR) is 132 cm³/mol. The average molecular weight is 539 g/mol. The molecule has 2 aliphatic rings. The van der Waals surface area contributed by atoms with Gasteiger partial charge in [0.1, 0.15) is 17.2 Å². The van der Waals surface area contributed by atoms with E-state index in [4.69, 9.17) is 9.47 Å². The molecule has 0 aromatic heterocycles. The zero-order valence-electron chi connectivity index (χ0n) is 22.6. The van der Waals surface area contributed by atoms with Crippen LogP contribution in [0.2, 0.25) is 0 Å². The maximum Gasteiger partial charge on any atom is 0.410 e. The number of hydrogen-bond donors (Lipinski definition) is 2. The minimum Gasteiger partial charge on any atom is -0.468 e. The number of piperazine rings is 2. The number of rotatable bonds is 3. The molecule has 0 aromatic rings. The second-order valence-corrected chi connectivity index (χ2v) is 12.5. The van der Waals surface area contributed by atoms with E-state index in [9.17, 15) is 27.9 Å². The first kappa shape index (κ1) is 31.9. The van der Waals surface area contributed by atoms with Gasteiger partial charge in [0.25, 0.3) is 0 Å². The van der Waals surface area contributed by atoms with Crippen LogP contribution in [0.3, 0.4) is 0 Å². The molecule has 2 rings (SSSR count). The number of aliphatic hydroxyl groups excluding tert-OH is 1. The highest BCUT2D eigenvalue weighted by Gasteiger charge is 2.36. The maximum absolute atomic E-state index is 11.9. The maximum atomic E-state index is 11.9. The smallest absolute Gasteiger partial charge is 0.410 e. The molecule has 210 valence electrons. The number of carbonyl (C=O) groups excluding carboxylic acids is 3. The minimum atomic E-state index is -3.38. The summed E-state index contributed by atoms with van der Waals surface area (Å²) in [5, 5.41) is 12.3. The molecule has 2 saturated heterocycles. The van der Waals surface area contributed by atoms with Gasteiger partial charge in [-0.3, -0.25) is 4.79 Å². The van der Waals surface area contributed by atoms with E-state index in [1.807, 2.05) is 20.8 Å². The van der Waals surface area contributed by atoms with E-state index in [1.54, 1.807) is 20.8 Å². The van der Waals surface area contributed by atoms with Crippen molar-refractivity contribution >= 4 is 28.2 Å². The Hall–Kier alpha value is -2.16. The van der Waals surface area contributed by atoms with Gasteiger partial charge in [0, 0.05) is 32.7 Å². The van der Waals surface area contributed by atoms with Crippen LogP contribution < -0.4 is 5.32 Å². The normalized spacial score (nSPS) is 21.7. The minimum absolute atomic E-state index is 0.137.